The van der Waals surface area contributed by atoms with Gasteiger partial charge in [0.1, 0.15) is 5.75 Å². The smallest absolute Gasteiger partial charge is 0.224 e. The summed E-state index contributed by atoms with van der Waals surface area (Å²) in [5, 5.41) is 5.78. The molecular weight excluding hydrogens is 328 g/mol. The van der Waals surface area contributed by atoms with E-state index in [1.165, 1.54) is 5.56 Å². The van der Waals surface area contributed by atoms with Gasteiger partial charge in [-0.3, -0.25) is 9.59 Å². The average molecular weight is 352 g/mol. The van der Waals surface area contributed by atoms with Crippen LogP contribution >= 0.6 is 0 Å². The van der Waals surface area contributed by atoms with Crippen molar-refractivity contribution in [2.24, 2.45) is 0 Å². The first kappa shape index (κ1) is 18.0. The van der Waals surface area contributed by atoms with Crippen LogP contribution in [0.15, 0.2) is 42.5 Å². The fourth-order valence-corrected chi connectivity index (χ4v) is 2.87. The number of hydrogen-bond acceptors (Lipinski definition) is 3. The van der Waals surface area contributed by atoms with Gasteiger partial charge < -0.3 is 15.4 Å². The molecule has 2 aromatic rings. The first-order valence-electron chi connectivity index (χ1n) is 8.98. The zero-order valence-corrected chi connectivity index (χ0v) is 15.0. The molecule has 2 aromatic carbocycles. The maximum atomic E-state index is 11.9. The van der Waals surface area contributed by atoms with Crippen molar-refractivity contribution in [2.45, 2.75) is 39.2 Å². The lowest BCUT2D eigenvalue weighted by molar-refractivity contribution is -0.121. The van der Waals surface area contributed by atoms with Crippen LogP contribution < -0.4 is 15.4 Å². The van der Waals surface area contributed by atoms with Crippen molar-refractivity contribution in [3.8, 4) is 5.75 Å². The second-order valence-electron chi connectivity index (χ2n) is 6.58. The topological polar surface area (TPSA) is 67.4 Å². The van der Waals surface area contributed by atoms with Gasteiger partial charge in [-0.1, -0.05) is 29.8 Å². The summed E-state index contributed by atoms with van der Waals surface area (Å²) in [7, 11) is 0. The Morgan fingerprint density at radius 1 is 1.15 bits per heavy atom. The van der Waals surface area contributed by atoms with E-state index in [4.69, 9.17) is 4.74 Å². The zero-order chi connectivity index (χ0) is 18.4. The van der Waals surface area contributed by atoms with Crippen molar-refractivity contribution in [3.63, 3.8) is 0 Å². The molecule has 5 nitrogen and oxygen atoms in total. The third-order valence-electron chi connectivity index (χ3n) is 4.40. The molecule has 0 unspecified atom stereocenters. The largest absolute Gasteiger partial charge is 0.494 e. The Kier molecular flexibility index (Phi) is 5.89. The molecule has 3 rings (SSSR count). The Hall–Kier alpha value is -2.82. The normalized spacial score (nSPS) is 12.9. The highest BCUT2D eigenvalue weighted by Gasteiger charge is 2.15. The fraction of sp³-hybridized carbons (Fsp3) is 0.333. The van der Waals surface area contributed by atoms with Crippen molar-refractivity contribution in [1.82, 2.24) is 5.32 Å². The predicted octanol–water partition coefficient (Wildman–Crippen LogP) is 3.36. The molecule has 0 saturated heterocycles. The molecule has 2 N–H and O–H groups in total. The molecule has 2 amide bonds. The molecule has 0 aliphatic carbocycles. The van der Waals surface area contributed by atoms with Crippen LogP contribution in [0.25, 0.3) is 0 Å². The van der Waals surface area contributed by atoms with Gasteiger partial charge in [0.15, 0.2) is 0 Å². The van der Waals surface area contributed by atoms with Crippen molar-refractivity contribution >= 4 is 17.5 Å². The molecule has 26 heavy (non-hydrogen) atoms. The number of amides is 2. The zero-order valence-electron chi connectivity index (χ0n) is 15.0. The molecule has 1 aliphatic rings. The van der Waals surface area contributed by atoms with Gasteiger partial charge in [0.05, 0.1) is 6.61 Å². The van der Waals surface area contributed by atoms with E-state index in [9.17, 15) is 9.59 Å². The highest BCUT2D eigenvalue weighted by atomic mass is 16.5. The van der Waals surface area contributed by atoms with Gasteiger partial charge in [-0.2, -0.15) is 0 Å². The van der Waals surface area contributed by atoms with Crippen molar-refractivity contribution in [2.75, 3.05) is 11.9 Å². The Morgan fingerprint density at radius 2 is 1.96 bits per heavy atom. The molecule has 0 radical (unpaired) electrons. The number of carbonyl (C=O) groups is 2. The molecule has 1 aliphatic heterocycles. The predicted molar refractivity (Wildman–Crippen MR) is 101 cm³/mol. The lowest BCUT2D eigenvalue weighted by Crippen LogP contribution is -2.23. The molecule has 5 heteroatoms. The second-order valence-corrected chi connectivity index (χ2v) is 6.58. The highest BCUT2D eigenvalue weighted by molar-refractivity contribution is 5.94. The summed E-state index contributed by atoms with van der Waals surface area (Å²) >= 11 is 0. The van der Waals surface area contributed by atoms with Gasteiger partial charge in [0, 0.05) is 25.1 Å². The van der Waals surface area contributed by atoms with E-state index in [2.05, 4.69) is 10.6 Å². The molecule has 0 aromatic heterocycles. The summed E-state index contributed by atoms with van der Waals surface area (Å²) in [4.78, 5) is 23.3. The van der Waals surface area contributed by atoms with Crippen LogP contribution in [0.1, 0.15) is 36.0 Å². The van der Waals surface area contributed by atoms with E-state index in [1.54, 1.807) is 0 Å². The fourth-order valence-electron chi connectivity index (χ4n) is 2.87. The average Bonchev–Trinajstić information content (AvgIpc) is 2.65. The van der Waals surface area contributed by atoms with Gasteiger partial charge in [0.2, 0.25) is 11.8 Å². The number of benzene rings is 2. The molecule has 0 atom stereocenters. The first-order valence-corrected chi connectivity index (χ1v) is 8.98. The molecule has 136 valence electrons. The van der Waals surface area contributed by atoms with Gasteiger partial charge >= 0.3 is 0 Å². The van der Waals surface area contributed by atoms with E-state index in [1.807, 2.05) is 49.4 Å². The molecular formula is C21H24N2O3. The summed E-state index contributed by atoms with van der Waals surface area (Å²) in [6.07, 6.45) is 2.35. The van der Waals surface area contributed by atoms with Crippen LogP contribution in [0.2, 0.25) is 0 Å². The van der Waals surface area contributed by atoms with E-state index >= 15 is 0 Å². The molecule has 0 bridgehead atoms. The third-order valence-corrected chi connectivity index (χ3v) is 4.40. The highest BCUT2D eigenvalue weighted by Crippen LogP contribution is 2.26. The number of anilines is 1. The molecule has 0 spiro atoms. The number of nitrogens with one attached hydrogen (secondary N) is 2. The Bertz CT molecular complexity index is 784. The monoisotopic (exact) mass is 352 g/mol. The van der Waals surface area contributed by atoms with E-state index < -0.39 is 0 Å². The minimum atomic E-state index is 0.0299. The number of carbonyl (C=O) groups excluding carboxylic acids is 2. The van der Waals surface area contributed by atoms with Gasteiger partial charge in [-0.15, -0.1) is 0 Å². The van der Waals surface area contributed by atoms with Crippen LogP contribution in [0, 0.1) is 6.92 Å². The van der Waals surface area contributed by atoms with Gasteiger partial charge in [-0.25, -0.2) is 0 Å². The summed E-state index contributed by atoms with van der Waals surface area (Å²) in [5.41, 5.74) is 4.27. The van der Waals surface area contributed by atoms with E-state index in [0.29, 0.717) is 32.4 Å². The number of ether oxygens (including phenoxy) is 1. The summed E-state index contributed by atoms with van der Waals surface area (Å²) < 4.78 is 5.73. The van der Waals surface area contributed by atoms with E-state index in [-0.39, 0.29) is 11.8 Å². The molecule has 0 fully saturated rings. The summed E-state index contributed by atoms with van der Waals surface area (Å²) in [5.74, 6) is 0.866. The number of hydrogen-bond donors (Lipinski definition) is 2. The summed E-state index contributed by atoms with van der Waals surface area (Å²) in [6.45, 7) is 3.08. The van der Waals surface area contributed by atoms with Crippen LogP contribution in [0.5, 0.6) is 5.75 Å². The quantitative estimate of drug-likeness (QED) is 0.751. The van der Waals surface area contributed by atoms with Gasteiger partial charge in [0.25, 0.3) is 0 Å². The SMILES string of the molecule is Cc1ccc(CNC(=O)CCCOc2ccc3c(c2)CCC(=O)N3)cc1. The number of rotatable bonds is 7. The third kappa shape index (κ3) is 5.09. The summed E-state index contributed by atoms with van der Waals surface area (Å²) in [6, 6.07) is 13.8. The number of aryl methyl sites for hydroxylation is 2. The standard InChI is InChI=1S/C21H24N2O3/c1-15-4-6-16(7-5-15)14-22-20(24)3-2-12-26-18-9-10-19-17(13-18)8-11-21(25)23-19/h4-7,9-10,13H,2-3,8,11-12,14H2,1H3,(H,22,24)(H,23,25). The van der Waals surface area contributed by atoms with Gasteiger partial charge in [-0.05, 0) is 49.1 Å². The van der Waals surface area contributed by atoms with Crippen LogP contribution in [-0.4, -0.2) is 18.4 Å². The lowest BCUT2D eigenvalue weighted by Gasteiger charge is -2.17. The van der Waals surface area contributed by atoms with Crippen LogP contribution in [0.4, 0.5) is 5.69 Å². The Morgan fingerprint density at radius 3 is 2.77 bits per heavy atom. The van der Waals surface area contributed by atoms with E-state index in [0.717, 1.165) is 29.0 Å². The van der Waals surface area contributed by atoms with Crippen LogP contribution in [0.3, 0.4) is 0 Å². The lowest BCUT2D eigenvalue weighted by atomic mass is 10.0. The Labute approximate surface area is 153 Å². The molecule has 0 saturated carbocycles. The first-order chi connectivity index (χ1) is 12.6. The number of fused-ring (bicyclic) bond motifs is 1. The maximum Gasteiger partial charge on any atom is 0.224 e. The minimum Gasteiger partial charge on any atom is -0.494 e. The van der Waals surface area contributed by atoms with Crippen LogP contribution in [-0.2, 0) is 22.6 Å². The van der Waals surface area contributed by atoms with Crippen molar-refractivity contribution < 1.29 is 14.3 Å². The minimum absolute atomic E-state index is 0.0299. The van der Waals surface area contributed by atoms with Crippen molar-refractivity contribution in [3.05, 3.63) is 59.2 Å². The van der Waals surface area contributed by atoms with Crippen molar-refractivity contribution in [1.29, 1.82) is 0 Å². The molecule has 1 heterocycles. The Balaban J connectivity index is 1.36. The second kappa shape index (κ2) is 8.52. The maximum absolute atomic E-state index is 11.9.